The van der Waals surface area contributed by atoms with Crippen molar-refractivity contribution in [3.63, 3.8) is 0 Å². The van der Waals surface area contributed by atoms with Crippen LogP contribution in [0.2, 0.25) is 10.0 Å². The molecule has 1 heterocycles. The first kappa shape index (κ1) is 18.1. The van der Waals surface area contributed by atoms with Crippen LogP contribution in [-0.4, -0.2) is 15.8 Å². The Morgan fingerprint density at radius 1 is 1.33 bits per heavy atom. The third-order valence-electron chi connectivity index (χ3n) is 3.21. The van der Waals surface area contributed by atoms with Crippen LogP contribution in [0.4, 0.5) is 16.3 Å². The number of carbonyl (C=O) groups is 1. The Hall–Kier alpha value is -2.23. The molecule has 0 radical (unpaired) electrons. The van der Waals surface area contributed by atoms with Crippen molar-refractivity contribution in [3.05, 3.63) is 40.0 Å². The topological polar surface area (TPSA) is 82.7 Å². The zero-order valence-corrected chi connectivity index (χ0v) is 15.0. The average Bonchev–Trinajstić information content (AvgIpc) is 2.87. The second-order valence-electron chi connectivity index (χ2n) is 6.16. The van der Waals surface area contributed by atoms with Crippen LogP contribution in [0, 0.1) is 11.3 Å². The fourth-order valence-corrected chi connectivity index (χ4v) is 2.29. The molecule has 0 fully saturated rings. The van der Waals surface area contributed by atoms with Crippen LogP contribution in [0.3, 0.4) is 0 Å². The van der Waals surface area contributed by atoms with Gasteiger partial charge in [0.2, 0.25) is 0 Å². The predicted octanol–water partition coefficient (Wildman–Crippen LogP) is 4.65. The summed E-state index contributed by atoms with van der Waals surface area (Å²) in [5.74, 6) is 0.428. The molecule has 6 nitrogen and oxygen atoms in total. The maximum absolute atomic E-state index is 12.2. The van der Waals surface area contributed by atoms with E-state index in [0.717, 1.165) is 5.69 Å². The molecule has 2 amide bonds. The zero-order valence-electron chi connectivity index (χ0n) is 13.5. The van der Waals surface area contributed by atoms with Crippen LogP contribution in [0.15, 0.2) is 24.3 Å². The maximum atomic E-state index is 12.2. The fraction of sp³-hybridized carbons (Fsp3) is 0.312. The van der Waals surface area contributed by atoms with Crippen molar-refractivity contribution in [2.45, 2.75) is 32.7 Å². The van der Waals surface area contributed by atoms with Gasteiger partial charge in [-0.25, -0.2) is 9.48 Å². The van der Waals surface area contributed by atoms with Gasteiger partial charge in [-0.3, -0.25) is 5.32 Å². The molecule has 0 saturated carbocycles. The Bertz CT molecular complexity index is 802. The zero-order chi connectivity index (χ0) is 17.9. The monoisotopic (exact) mass is 365 g/mol. The van der Waals surface area contributed by atoms with E-state index in [1.54, 1.807) is 24.3 Å². The minimum Gasteiger partial charge on any atom is -0.306 e. The molecule has 1 aromatic heterocycles. The van der Waals surface area contributed by atoms with E-state index in [1.807, 2.05) is 26.8 Å². The van der Waals surface area contributed by atoms with Gasteiger partial charge in [-0.05, 0) is 12.1 Å². The largest absolute Gasteiger partial charge is 0.324 e. The van der Waals surface area contributed by atoms with Gasteiger partial charge in [-0.1, -0.05) is 50.0 Å². The summed E-state index contributed by atoms with van der Waals surface area (Å²) in [4.78, 5) is 12.2. The van der Waals surface area contributed by atoms with Gasteiger partial charge in [-0.15, -0.1) is 0 Å². The SMILES string of the molecule is CC(C)(C)c1cc(NC(=O)Nc2cccc(Cl)c2Cl)n(CC#N)n1. The van der Waals surface area contributed by atoms with E-state index in [9.17, 15) is 4.79 Å². The highest BCUT2D eigenvalue weighted by molar-refractivity contribution is 6.44. The number of nitrogens with zero attached hydrogens (tertiary/aromatic N) is 3. The van der Waals surface area contributed by atoms with Crippen molar-refractivity contribution >= 4 is 40.7 Å². The van der Waals surface area contributed by atoms with E-state index < -0.39 is 6.03 Å². The number of amides is 2. The molecule has 1 aromatic carbocycles. The summed E-state index contributed by atoms with van der Waals surface area (Å²) in [7, 11) is 0. The van der Waals surface area contributed by atoms with Crippen LogP contribution in [0.5, 0.6) is 0 Å². The summed E-state index contributed by atoms with van der Waals surface area (Å²) < 4.78 is 1.44. The van der Waals surface area contributed by atoms with E-state index in [0.29, 0.717) is 16.5 Å². The Kier molecular flexibility index (Phi) is 5.37. The molecule has 2 aromatic rings. The highest BCUT2D eigenvalue weighted by Gasteiger charge is 2.21. The normalized spacial score (nSPS) is 11.0. The van der Waals surface area contributed by atoms with E-state index in [-0.39, 0.29) is 17.0 Å². The quantitative estimate of drug-likeness (QED) is 0.829. The van der Waals surface area contributed by atoms with Crippen LogP contribution < -0.4 is 10.6 Å². The second-order valence-corrected chi connectivity index (χ2v) is 6.95. The number of carbonyl (C=O) groups excluding carboxylic acids is 1. The molecule has 2 rings (SSSR count). The van der Waals surface area contributed by atoms with Crippen molar-refractivity contribution in [1.82, 2.24) is 9.78 Å². The van der Waals surface area contributed by atoms with Gasteiger partial charge in [0.25, 0.3) is 0 Å². The fourth-order valence-electron chi connectivity index (χ4n) is 1.94. The first-order valence-electron chi connectivity index (χ1n) is 7.19. The number of benzene rings is 1. The number of urea groups is 1. The Labute approximate surface area is 150 Å². The van der Waals surface area contributed by atoms with Crippen molar-refractivity contribution in [2.75, 3.05) is 10.6 Å². The van der Waals surface area contributed by atoms with Gasteiger partial charge in [0, 0.05) is 11.5 Å². The number of nitrogens with one attached hydrogen (secondary N) is 2. The van der Waals surface area contributed by atoms with Crippen LogP contribution in [0.25, 0.3) is 0 Å². The van der Waals surface area contributed by atoms with Gasteiger partial charge in [-0.2, -0.15) is 10.4 Å². The van der Waals surface area contributed by atoms with E-state index >= 15 is 0 Å². The van der Waals surface area contributed by atoms with E-state index in [2.05, 4.69) is 15.7 Å². The summed E-state index contributed by atoms with van der Waals surface area (Å²) >= 11 is 12.0. The first-order chi connectivity index (χ1) is 11.2. The summed E-state index contributed by atoms with van der Waals surface area (Å²) in [6.07, 6.45) is 0. The van der Waals surface area contributed by atoms with Crippen molar-refractivity contribution in [1.29, 1.82) is 5.26 Å². The summed E-state index contributed by atoms with van der Waals surface area (Å²) in [5, 5.41) is 19.2. The van der Waals surface area contributed by atoms with Crippen LogP contribution in [0.1, 0.15) is 26.5 Å². The standard InChI is InChI=1S/C16H17Cl2N5O/c1-16(2,3)12-9-13(23(22-12)8-7-19)21-15(24)20-11-6-4-5-10(17)14(11)18/h4-6,9H,8H2,1-3H3,(H2,20,21,24). The number of aromatic nitrogens is 2. The lowest BCUT2D eigenvalue weighted by Gasteiger charge is -2.13. The Morgan fingerprint density at radius 3 is 2.67 bits per heavy atom. The van der Waals surface area contributed by atoms with E-state index in [4.69, 9.17) is 28.5 Å². The summed E-state index contributed by atoms with van der Waals surface area (Å²) in [6, 6.07) is 8.22. The lowest BCUT2D eigenvalue weighted by atomic mass is 9.92. The van der Waals surface area contributed by atoms with Gasteiger partial charge < -0.3 is 5.32 Å². The lowest BCUT2D eigenvalue weighted by Crippen LogP contribution is -2.21. The molecule has 0 bridgehead atoms. The average molecular weight is 366 g/mol. The number of nitriles is 1. The Balaban J connectivity index is 2.21. The molecule has 126 valence electrons. The molecule has 0 aliphatic rings. The molecular formula is C16H17Cl2N5O. The smallest absolute Gasteiger partial charge is 0.306 e. The molecule has 0 atom stereocenters. The second kappa shape index (κ2) is 7.12. The summed E-state index contributed by atoms with van der Waals surface area (Å²) in [5.41, 5.74) is 0.960. The molecule has 0 aliphatic carbocycles. The molecule has 0 saturated heterocycles. The molecule has 0 spiro atoms. The third-order valence-corrected chi connectivity index (χ3v) is 4.03. The molecular weight excluding hydrogens is 349 g/mol. The number of halogens is 2. The predicted molar refractivity (Wildman–Crippen MR) is 95.6 cm³/mol. The molecule has 0 unspecified atom stereocenters. The minimum atomic E-state index is -0.501. The Morgan fingerprint density at radius 2 is 2.04 bits per heavy atom. The number of hydrogen-bond donors (Lipinski definition) is 2. The number of anilines is 2. The van der Waals surface area contributed by atoms with Crippen molar-refractivity contribution in [3.8, 4) is 6.07 Å². The number of hydrogen-bond acceptors (Lipinski definition) is 3. The van der Waals surface area contributed by atoms with E-state index in [1.165, 1.54) is 4.68 Å². The highest BCUT2D eigenvalue weighted by Crippen LogP contribution is 2.30. The number of rotatable bonds is 3. The highest BCUT2D eigenvalue weighted by atomic mass is 35.5. The lowest BCUT2D eigenvalue weighted by molar-refractivity contribution is 0.262. The maximum Gasteiger partial charge on any atom is 0.324 e. The van der Waals surface area contributed by atoms with Gasteiger partial charge in [0.15, 0.2) is 0 Å². The van der Waals surface area contributed by atoms with Gasteiger partial charge in [0.05, 0.1) is 27.5 Å². The minimum absolute atomic E-state index is 0.0314. The van der Waals surface area contributed by atoms with Gasteiger partial charge >= 0.3 is 6.03 Å². The van der Waals surface area contributed by atoms with Crippen LogP contribution in [-0.2, 0) is 12.0 Å². The van der Waals surface area contributed by atoms with Crippen LogP contribution >= 0.6 is 23.2 Å². The molecule has 8 heteroatoms. The van der Waals surface area contributed by atoms with Crippen molar-refractivity contribution < 1.29 is 4.79 Å². The first-order valence-corrected chi connectivity index (χ1v) is 7.95. The molecule has 24 heavy (non-hydrogen) atoms. The molecule has 2 N–H and O–H groups in total. The summed E-state index contributed by atoms with van der Waals surface area (Å²) in [6.45, 7) is 6.04. The van der Waals surface area contributed by atoms with Crippen molar-refractivity contribution in [2.24, 2.45) is 0 Å². The van der Waals surface area contributed by atoms with Gasteiger partial charge in [0.1, 0.15) is 12.4 Å². The third kappa shape index (κ3) is 4.19. The molecule has 0 aliphatic heterocycles.